The van der Waals surface area contributed by atoms with E-state index in [2.05, 4.69) is 5.32 Å². The number of rotatable bonds is 4. The molecule has 2 aromatic heterocycles. The molecule has 1 N–H and O–H groups in total. The third-order valence-corrected chi connectivity index (χ3v) is 6.35. The number of anilines is 2. The zero-order valence-corrected chi connectivity index (χ0v) is 19.4. The Morgan fingerprint density at radius 1 is 1.14 bits per heavy atom. The molecule has 178 valence electrons. The number of aryl methyl sites for hydroxylation is 1. The second-order valence-corrected chi connectivity index (χ2v) is 8.67. The van der Waals surface area contributed by atoms with E-state index < -0.39 is 11.7 Å². The number of fused-ring (bicyclic) bond motifs is 1. The van der Waals surface area contributed by atoms with E-state index in [0.717, 1.165) is 5.56 Å². The van der Waals surface area contributed by atoms with E-state index in [-0.39, 0.29) is 16.7 Å². The molecule has 3 aromatic rings. The number of aromatic nitrogens is 2. The number of benzene rings is 1. The van der Waals surface area contributed by atoms with Gasteiger partial charge < -0.3 is 19.7 Å². The largest absolute Gasteiger partial charge is 0.355 e. The normalized spacial score (nSPS) is 17.5. The quantitative estimate of drug-likeness (QED) is 0.460. The third kappa shape index (κ3) is 4.54. The van der Waals surface area contributed by atoms with Crippen LogP contribution in [-0.2, 0) is 14.3 Å². The molecule has 0 atom stereocenters. The highest BCUT2D eigenvalue weighted by Crippen LogP contribution is 2.33. The van der Waals surface area contributed by atoms with Crippen LogP contribution in [0.3, 0.4) is 0 Å². The van der Waals surface area contributed by atoms with E-state index in [4.69, 9.17) is 14.5 Å². The molecule has 35 heavy (non-hydrogen) atoms. The summed E-state index contributed by atoms with van der Waals surface area (Å²) in [5.74, 6) is -0.737. The zero-order chi connectivity index (χ0) is 24.4. The Balaban J connectivity index is 1.52. The number of nitriles is 1. The van der Waals surface area contributed by atoms with Crippen LogP contribution >= 0.6 is 0 Å². The lowest BCUT2D eigenvalue weighted by Gasteiger charge is -2.38. The molecule has 1 spiro atoms. The molecule has 0 unspecified atom stereocenters. The highest BCUT2D eigenvalue weighted by atomic mass is 16.7. The molecule has 0 bridgehead atoms. The van der Waals surface area contributed by atoms with Crippen molar-refractivity contribution in [3.63, 3.8) is 0 Å². The van der Waals surface area contributed by atoms with Gasteiger partial charge in [-0.05, 0) is 37.3 Å². The van der Waals surface area contributed by atoms with Crippen LogP contribution in [0, 0.1) is 18.3 Å². The molecule has 0 aliphatic carbocycles. The van der Waals surface area contributed by atoms with Gasteiger partial charge in [0.15, 0.2) is 5.79 Å². The van der Waals surface area contributed by atoms with Gasteiger partial charge >= 0.3 is 0 Å². The number of carbonyl (C=O) groups is 1. The van der Waals surface area contributed by atoms with Crippen molar-refractivity contribution in [1.29, 1.82) is 5.26 Å². The molecule has 0 saturated carbocycles. The maximum atomic E-state index is 13.5. The van der Waals surface area contributed by atoms with Crippen molar-refractivity contribution in [3.8, 4) is 6.07 Å². The van der Waals surface area contributed by atoms with Gasteiger partial charge in [-0.3, -0.25) is 14.0 Å². The monoisotopic (exact) mass is 471 g/mol. The topological polar surface area (TPSA) is 109 Å². The smallest absolute Gasteiger partial charge is 0.267 e. The predicted molar refractivity (Wildman–Crippen MR) is 131 cm³/mol. The van der Waals surface area contributed by atoms with Gasteiger partial charge in [-0.1, -0.05) is 23.8 Å². The number of hydrogen-bond donors (Lipinski definition) is 1. The summed E-state index contributed by atoms with van der Waals surface area (Å²) in [5.41, 5.74) is 1.76. The Labute approximate surface area is 202 Å². The van der Waals surface area contributed by atoms with Gasteiger partial charge in [-0.2, -0.15) is 5.26 Å². The Morgan fingerprint density at radius 2 is 1.86 bits per heavy atom. The SMILES string of the molecule is Cc1ccc(NC(=O)/C(C#N)=C\c2c(N3CCC4(CC3)OCCO4)nc3ccccn3c2=O)cc1. The van der Waals surface area contributed by atoms with Gasteiger partial charge in [0.1, 0.15) is 23.1 Å². The van der Waals surface area contributed by atoms with E-state index in [1.54, 1.807) is 30.5 Å². The third-order valence-electron chi connectivity index (χ3n) is 6.35. The molecule has 2 fully saturated rings. The predicted octanol–water partition coefficient (Wildman–Crippen LogP) is 2.89. The van der Waals surface area contributed by atoms with Crippen LogP contribution in [0.5, 0.6) is 0 Å². The first-order valence-corrected chi connectivity index (χ1v) is 11.5. The van der Waals surface area contributed by atoms with E-state index in [1.165, 1.54) is 10.5 Å². The molecule has 4 heterocycles. The molecule has 0 radical (unpaired) electrons. The zero-order valence-electron chi connectivity index (χ0n) is 19.4. The lowest BCUT2D eigenvalue weighted by atomic mass is 10.0. The summed E-state index contributed by atoms with van der Waals surface area (Å²) in [5, 5.41) is 12.5. The molecule has 2 aliphatic rings. The van der Waals surface area contributed by atoms with Gasteiger partial charge in [0.05, 0.1) is 18.8 Å². The molecular weight excluding hydrogens is 446 g/mol. The minimum absolute atomic E-state index is 0.183. The fourth-order valence-corrected chi connectivity index (χ4v) is 4.43. The molecule has 5 rings (SSSR count). The average Bonchev–Trinajstić information content (AvgIpc) is 3.33. The van der Waals surface area contributed by atoms with E-state index in [9.17, 15) is 14.9 Å². The lowest BCUT2D eigenvalue weighted by molar-refractivity contribution is -0.169. The number of ether oxygens (including phenoxy) is 2. The summed E-state index contributed by atoms with van der Waals surface area (Å²) >= 11 is 0. The fraction of sp³-hybridized carbons (Fsp3) is 0.308. The van der Waals surface area contributed by atoms with Crippen molar-refractivity contribution in [2.24, 2.45) is 0 Å². The van der Waals surface area contributed by atoms with Crippen LogP contribution in [0.2, 0.25) is 0 Å². The van der Waals surface area contributed by atoms with Crippen molar-refractivity contribution >= 4 is 29.1 Å². The van der Waals surface area contributed by atoms with Gasteiger partial charge in [0.25, 0.3) is 11.5 Å². The standard InChI is InChI=1S/C26H25N5O4/c1-18-5-7-20(8-6-18)28-24(32)19(17-27)16-21-23(29-22-4-2-3-11-31(22)25(21)33)30-12-9-26(10-13-30)34-14-15-35-26/h2-8,11,16H,9-10,12-15H2,1H3,(H,28,32)/b19-16-. The number of hydrogen-bond acceptors (Lipinski definition) is 7. The van der Waals surface area contributed by atoms with Crippen LogP contribution in [-0.4, -0.2) is 47.4 Å². The molecule has 9 nitrogen and oxygen atoms in total. The first-order chi connectivity index (χ1) is 17.0. The molecule has 1 amide bonds. The van der Waals surface area contributed by atoms with Crippen molar-refractivity contribution in [1.82, 2.24) is 9.38 Å². The number of pyridine rings is 1. The molecule has 1 aromatic carbocycles. The van der Waals surface area contributed by atoms with Gasteiger partial charge in [-0.25, -0.2) is 4.98 Å². The summed E-state index contributed by atoms with van der Waals surface area (Å²) < 4.78 is 13.1. The summed E-state index contributed by atoms with van der Waals surface area (Å²) in [6, 6.07) is 14.5. The summed E-state index contributed by atoms with van der Waals surface area (Å²) in [6.07, 6.45) is 4.21. The number of nitrogens with one attached hydrogen (secondary N) is 1. The Bertz CT molecular complexity index is 1390. The summed E-state index contributed by atoms with van der Waals surface area (Å²) in [7, 11) is 0. The minimum atomic E-state index is -0.592. The Hall–Kier alpha value is -4.00. The number of nitrogens with zero attached hydrogens (tertiary/aromatic N) is 4. The molecular formula is C26H25N5O4. The number of amides is 1. The van der Waals surface area contributed by atoms with Crippen LogP contribution in [0.4, 0.5) is 11.5 Å². The van der Waals surface area contributed by atoms with E-state index >= 15 is 0 Å². The number of carbonyl (C=O) groups excluding carboxylic acids is 1. The van der Waals surface area contributed by atoms with Gasteiger partial charge in [0, 0.05) is 37.8 Å². The van der Waals surface area contributed by atoms with Crippen LogP contribution in [0.25, 0.3) is 11.7 Å². The van der Waals surface area contributed by atoms with E-state index in [0.29, 0.717) is 56.3 Å². The van der Waals surface area contributed by atoms with Crippen molar-refractivity contribution in [2.75, 3.05) is 36.5 Å². The second-order valence-electron chi connectivity index (χ2n) is 8.67. The molecule has 2 aliphatic heterocycles. The van der Waals surface area contributed by atoms with Crippen molar-refractivity contribution < 1.29 is 14.3 Å². The first kappa shape index (κ1) is 22.8. The molecule has 2 saturated heterocycles. The minimum Gasteiger partial charge on any atom is -0.355 e. The second kappa shape index (κ2) is 9.33. The Morgan fingerprint density at radius 3 is 2.54 bits per heavy atom. The maximum absolute atomic E-state index is 13.5. The Kier molecular flexibility index (Phi) is 6.07. The molecule has 9 heteroatoms. The average molecular weight is 472 g/mol. The maximum Gasteiger partial charge on any atom is 0.267 e. The summed E-state index contributed by atoms with van der Waals surface area (Å²) in [4.78, 5) is 33.1. The van der Waals surface area contributed by atoms with Crippen molar-refractivity contribution in [2.45, 2.75) is 25.6 Å². The van der Waals surface area contributed by atoms with E-state index in [1.807, 2.05) is 36.1 Å². The lowest BCUT2D eigenvalue weighted by Crippen LogP contribution is -2.46. The van der Waals surface area contributed by atoms with Gasteiger partial charge in [-0.15, -0.1) is 0 Å². The van der Waals surface area contributed by atoms with Crippen LogP contribution in [0.15, 0.2) is 59.0 Å². The summed E-state index contributed by atoms with van der Waals surface area (Å²) in [6.45, 7) is 4.22. The first-order valence-electron chi connectivity index (χ1n) is 11.5. The van der Waals surface area contributed by atoms with Crippen LogP contribution < -0.4 is 15.8 Å². The number of piperidine rings is 1. The highest BCUT2D eigenvalue weighted by Gasteiger charge is 2.40. The van der Waals surface area contributed by atoms with Gasteiger partial charge in [0.2, 0.25) is 0 Å². The fourth-order valence-electron chi connectivity index (χ4n) is 4.43. The van der Waals surface area contributed by atoms with Crippen molar-refractivity contribution in [3.05, 3.63) is 75.7 Å². The van der Waals surface area contributed by atoms with Crippen LogP contribution in [0.1, 0.15) is 24.0 Å². The highest BCUT2D eigenvalue weighted by molar-refractivity contribution is 6.10.